The number of aliphatic hydroxyl groups is 1. The fourth-order valence-electron chi connectivity index (χ4n) is 1.78. The van der Waals surface area contributed by atoms with Gasteiger partial charge in [-0.25, -0.2) is 0 Å². The van der Waals surface area contributed by atoms with Crippen molar-refractivity contribution in [2.24, 2.45) is 0 Å². The Morgan fingerprint density at radius 3 is 2.83 bits per heavy atom. The molecule has 1 unspecified atom stereocenters. The van der Waals surface area contributed by atoms with Gasteiger partial charge in [-0.1, -0.05) is 6.92 Å². The van der Waals surface area contributed by atoms with E-state index in [2.05, 4.69) is 6.92 Å². The predicted molar refractivity (Wildman–Crippen MR) is 46.7 cm³/mol. The highest BCUT2D eigenvalue weighted by Crippen LogP contribution is 2.17. The second kappa shape index (κ2) is 4.45. The minimum absolute atomic E-state index is 0.183. The molecule has 70 valence electrons. The van der Waals surface area contributed by atoms with Crippen molar-refractivity contribution in [3.05, 3.63) is 0 Å². The van der Waals surface area contributed by atoms with Crippen LogP contribution in [-0.4, -0.2) is 35.1 Å². The van der Waals surface area contributed by atoms with Gasteiger partial charge in [-0.2, -0.15) is 0 Å². The molecular weight excluding hydrogens is 154 g/mol. The lowest BCUT2D eigenvalue weighted by atomic mass is 10.1. The molecule has 1 rings (SSSR count). The van der Waals surface area contributed by atoms with Crippen LogP contribution < -0.4 is 0 Å². The van der Waals surface area contributed by atoms with Crippen LogP contribution in [-0.2, 0) is 4.79 Å². The Balaban J connectivity index is 2.46. The van der Waals surface area contributed by atoms with Crippen molar-refractivity contribution in [1.82, 2.24) is 4.90 Å². The molecule has 1 N–H and O–H groups in total. The van der Waals surface area contributed by atoms with Gasteiger partial charge in [0.1, 0.15) is 0 Å². The molecule has 1 amide bonds. The van der Waals surface area contributed by atoms with E-state index in [-0.39, 0.29) is 18.6 Å². The first-order chi connectivity index (χ1) is 5.79. The maximum absolute atomic E-state index is 11.3. The molecule has 1 aliphatic rings. The third kappa shape index (κ3) is 1.97. The van der Waals surface area contributed by atoms with E-state index in [9.17, 15) is 4.79 Å². The van der Waals surface area contributed by atoms with Crippen molar-refractivity contribution in [2.45, 2.75) is 38.6 Å². The molecule has 12 heavy (non-hydrogen) atoms. The van der Waals surface area contributed by atoms with E-state index in [4.69, 9.17) is 5.11 Å². The second-order valence-electron chi connectivity index (χ2n) is 3.27. The summed E-state index contributed by atoms with van der Waals surface area (Å²) in [7, 11) is 0. The van der Waals surface area contributed by atoms with Crippen LogP contribution in [0.1, 0.15) is 32.6 Å². The second-order valence-corrected chi connectivity index (χ2v) is 3.27. The number of carbonyl (C=O) groups excluding carboxylic acids is 1. The summed E-state index contributed by atoms with van der Waals surface area (Å²) < 4.78 is 0. The molecule has 1 aliphatic heterocycles. The van der Waals surface area contributed by atoms with Crippen LogP contribution in [0.15, 0.2) is 0 Å². The summed E-state index contributed by atoms with van der Waals surface area (Å²) in [5, 5.41) is 8.78. The Bertz CT molecular complexity index is 159. The van der Waals surface area contributed by atoms with Gasteiger partial charge >= 0.3 is 0 Å². The Hall–Kier alpha value is -0.570. The Kier molecular flexibility index (Phi) is 3.53. The average Bonchev–Trinajstić information content (AvgIpc) is 2.47. The normalized spacial score (nSPS) is 20.2. The van der Waals surface area contributed by atoms with Crippen molar-refractivity contribution >= 4 is 5.91 Å². The molecule has 0 radical (unpaired) electrons. The molecule has 3 heteroatoms. The fraction of sp³-hybridized carbons (Fsp3) is 0.889. The lowest BCUT2D eigenvalue weighted by Gasteiger charge is -2.25. The summed E-state index contributed by atoms with van der Waals surface area (Å²) in [6.45, 7) is 3.13. The number of hydrogen-bond acceptors (Lipinski definition) is 2. The molecule has 0 aliphatic carbocycles. The van der Waals surface area contributed by atoms with E-state index in [1.54, 1.807) is 0 Å². The maximum atomic E-state index is 11.3. The molecule has 0 aromatic carbocycles. The van der Waals surface area contributed by atoms with E-state index >= 15 is 0 Å². The molecule has 0 spiro atoms. The zero-order chi connectivity index (χ0) is 8.97. The quantitative estimate of drug-likeness (QED) is 0.678. The minimum Gasteiger partial charge on any atom is -0.396 e. The fourth-order valence-corrected chi connectivity index (χ4v) is 1.78. The molecule has 1 heterocycles. The highest BCUT2D eigenvalue weighted by atomic mass is 16.3. The molecular formula is C9H17NO2. The predicted octanol–water partition coefficient (Wildman–Crippen LogP) is 0.770. The van der Waals surface area contributed by atoms with Crippen LogP contribution in [0.4, 0.5) is 0 Å². The van der Waals surface area contributed by atoms with Gasteiger partial charge in [0.2, 0.25) is 5.91 Å². The lowest BCUT2D eigenvalue weighted by Crippen LogP contribution is -2.36. The van der Waals surface area contributed by atoms with Crippen LogP contribution in [0.25, 0.3) is 0 Å². The monoisotopic (exact) mass is 171 g/mol. The molecule has 1 atom stereocenters. The van der Waals surface area contributed by atoms with E-state index in [0.29, 0.717) is 6.42 Å². The highest BCUT2D eigenvalue weighted by molar-refractivity contribution is 5.78. The van der Waals surface area contributed by atoms with Crippen LogP contribution in [0.2, 0.25) is 0 Å². The number of amides is 1. The van der Waals surface area contributed by atoms with E-state index in [1.807, 2.05) is 4.90 Å². The Morgan fingerprint density at radius 1 is 1.67 bits per heavy atom. The zero-order valence-corrected chi connectivity index (χ0v) is 7.62. The molecule has 0 aromatic rings. The lowest BCUT2D eigenvalue weighted by molar-refractivity contribution is -0.130. The van der Waals surface area contributed by atoms with Gasteiger partial charge in [-0.05, 0) is 19.3 Å². The summed E-state index contributed by atoms with van der Waals surface area (Å²) in [4.78, 5) is 13.2. The van der Waals surface area contributed by atoms with Crippen molar-refractivity contribution in [3.8, 4) is 0 Å². The molecule has 3 nitrogen and oxygen atoms in total. The van der Waals surface area contributed by atoms with Gasteiger partial charge in [0.25, 0.3) is 0 Å². The van der Waals surface area contributed by atoms with Gasteiger partial charge in [0.15, 0.2) is 0 Å². The Labute approximate surface area is 73.4 Å². The first-order valence-electron chi connectivity index (χ1n) is 4.70. The third-order valence-corrected chi connectivity index (χ3v) is 2.48. The van der Waals surface area contributed by atoms with Gasteiger partial charge in [-0.3, -0.25) is 4.79 Å². The highest BCUT2D eigenvalue weighted by Gasteiger charge is 2.25. The molecule has 0 saturated carbocycles. The number of likely N-dealkylation sites (tertiary alicyclic amines) is 1. The number of nitrogens with zero attached hydrogens (tertiary/aromatic N) is 1. The van der Waals surface area contributed by atoms with Crippen LogP contribution in [0.5, 0.6) is 0 Å². The number of rotatable bonds is 4. The van der Waals surface area contributed by atoms with E-state index < -0.39 is 0 Å². The summed E-state index contributed by atoms with van der Waals surface area (Å²) in [5.41, 5.74) is 0. The maximum Gasteiger partial charge on any atom is 0.222 e. The number of hydrogen-bond donors (Lipinski definition) is 1. The SMILES string of the molecule is CCC(CCO)N1CCCC1=O. The summed E-state index contributed by atoms with van der Waals surface area (Å²) in [5.74, 6) is 0.260. The van der Waals surface area contributed by atoms with Crippen LogP contribution in [0, 0.1) is 0 Å². The topological polar surface area (TPSA) is 40.5 Å². The summed E-state index contributed by atoms with van der Waals surface area (Å²) in [6.07, 6.45) is 3.36. The van der Waals surface area contributed by atoms with Crippen LogP contribution >= 0.6 is 0 Å². The van der Waals surface area contributed by atoms with Gasteiger partial charge in [0.05, 0.1) is 0 Å². The molecule has 1 saturated heterocycles. The smallest absolute Gasteiger partial charge is 0.222 e. The van der Waals surface area contributed by atoms with Gasteiger partial charge in [-0.15, -0.1) is 0 Å². The van der Waals surface area contributed by atoms with Crippen molar-refractivity contribution in [1.29, 1.82) is 0 Å². The van der Waals surface area contributed by atoms with Gasteiger partial charge in [0, 0.05) is 25.6 Å². The standard InChI is InChI=1S/C9H17NO2/c1-2-8(5-7-11)10-6-3-4-9(10)12/h8,11H,2-7H2,1H3. The van der Waals surface area contributed by atoms with Gasteiger partial charge < -0.3 is 10.0 Å². The van der Waals surface area contributed by atoms with E-state index in [1.165, 1.54) is 0 Å². The summed E-state index contributed by atoms with van der Waals surface area (Å²) in [6, 6.07) is 0.269. The molecule has 0 bridgehead atoms. The minimum atomic E-state index is 0.183. The van der Waals surface area contributed by atoms with Crippen molar-refractivity contribution < 1.29 is 9.90 Å². The van der Waals surface area contributed by atoms with Crippen LogP contribution in [0.3, 0.4) is 0 Å². The zero-order valence-electron chi connectivity index (χ0n) is 7.62. The van der Waals surface area contributed by atoms with Crippen molar-refractivity contribution in [2.75, 3.05) is 13.2 Å². The molecule has 1 fully saturated rings. The number of aliphatic hydroxyl groups excluding tert-OH is 1. The first kappa shape index (κ1) is 9.52. The van der Waals surface area contributed by atoms with E-state index in [0.717, 1.165) is 25.8 Å². The first-order valence-corrected chi connectivity index (χ1v) is 4.70. The summed E-state index contributed by atoms with van der Waals surface area (Å²) >= 11 is 0. The molecule has 0 aromatic heterocycles. The number of carbonyl (C=O) groups is 1. The third-order valence-electron chi connectivity index (χ3n) is 2.48. The average molecular weight is 171 g/mol. The Morgan fingerprint density at radius 2 is 2.42 bits per heavy atom. The largest absolute Gasteiger partial charge is 0.396 e. The van der Waals surface area contributed by atoms with Crippen molar-refractivity contribution in [3.63, 3.8) is 0 Å².